The lowest BCUT2D eigenvalue weighted by Crippen LogP contribution is -2.40. The standard InChI is InChI=1S/C12H16N2O5/c15-11(16)10-3-2-9(19-10)8-13-12(17)14-4-1-6-18-7-5-14/h2-3H,1,4-8H2,(H,13,17)(H,15,16). The third-order valence-electron chi connectivity index (χ3n) is 2.80. The SMILES string of the molecule is O=C(O)c1ccc(CNC(=O)N2CCCOCC2)o1. The van der Waals surface area contributed by atoms with E-state index >= 15 is 0 Å². The van der Waals surface area contributed by atoms with E-state index in [1.165, 1.54) is 12.1 Å². The molecule has 0 aliphatic carbocycles. The maximum Gasteiger partial charge on any atom is 0.371 e. The fraction of sp³-hybridized carbons (Fsp3) is 0.500. The Labute approximate surface area is 110 Å². The molecule has 0 bridgehead atoms. The molecule has 1 aromatic rings. The lowest BCUT2D eigenvalue weighted by atomic mass is 10.4. The Balaban J connectivity index is 1.83. The number of rotatable bonds is 3. The van der Waals surface area contributed by atoms with Crippen LogP contribution in [0.1, 0.15) is 22.7 Å². The molecule has 0 saturated carbocycles. The number of urea groups is 1. The van der Waals surface area contributed by atoms with Crippen LogP contribution in [0.25, 0.3) is 0 Å². The number of ether oxygens (including phenoxy) is 1. The zero-order valence-electron chi connectivity index (χ0n) is 10.4. The van der Waals surface area contributed by atoms with E-state index in [1.54, 1.807) is 4.90 Å². The minimum Gasteiger partial charge on any atom is -0.475 e. The predicted octanol–water partition coefficient (Wildman–Crippen LogP) is 0.910. The van der Waals surface area contributed by atoms with Crippen LogP contribution in [0.15, 0.2) is 16.5 Å². The van der Waals surface area contributed by atoms with E-state index in [0.717, 1.165) is 6.42 Å². The Bertz CT molecular complexity index is 449. The van der Waals surface area contributed by atoms with Crippen molar-refractivity contribution >= 4 is 12.0 Å². The number of carbonyl (C=O) groups excluding carboxylic acids is 1. The first-order valence-electron chi connectivity index (χ1n) is 6.09. The molecule has 2 heterocycles. The van der Waals surface area contributed by atoms with Crippen LogP contribution in [-0.4, -0.2) is 48.3 Å². The third kappa shape index (κ3) is 3.72. The van der Waals surface area contributed by atoms with Crippen molar-refractivity contribution in [2.24, 2.45) is 0 Å². The van der Waals surface area contributed by atoms with Gasteiger partial charge in [0.1, 0.15) is 5.76 Å². The topological polar surface area (TPSA) is 92.0 Å². The van der Waals surface area contributed by atoms with Gasteiger partial charge in [-0.15, -0.1) is 0 Å². The van der Waals surface area contributed by atoms with Gasteiger partial charge in [0.25, 0.3) is 0 Å². The van der Waals surface area contributed by atoms with Gasteiger partial charge < -0.3 is 24.5 Å². The van der Waals surface area contributed by atoms with Crippen LogP contribution < -0.4 is 5.32 Å². The molecule has 1 saturated heterocycles. The van der Waals surface area contributed by atoms with Gasteiger partial charge in [0.05, 0.1) is 13.2 Å². The molecule has 0 atom stereocenters. The average molecular weight is 268 g/mol. The summed E-state index contributed by atoms with van der Waals surface area (Å²) >= 11 is 0. The number of nitrogens with zero attached hydrogens (tertiary/aromatic N) is 1. The normalized spacial score (nSPS) is 15.9. The van der Waals surface area contributed by atoms with Crippen LogP contribution in [-0.2, 0) is 11.3 Å². The van der Waals surface area contributed by atoms with Gasteiger partial charge in [-0.1, -0.05) is 0 Å². The maximum absolute atomic E-state index is 11.9. The van der Waals surface area contributed by atoms with Crippen LogP contribution in [0.3, 0.4) is 0 Å². The molecule has 1 aliphatic heterocycles. The summed E-state index contributed by atoms with van der Waals surface area (Å²) in [5.74, 6) is -0.841. The van der Waals surface area contributed by atoms with Crippen molar-refractivity contribution in [3.63, 3.8) is 0 Å². The molecular weight excluding hydrogens is 252 g/mol. The van der Waals surface area contributed by atoms with E-state index in [9.17, 15) is 9.59 Å². The molecule has 2 N–H and O–H groups in total. The van der Waals surface area contributed by atoms with E-state index in [4.69, 9.17) is 14.3 Å². The van der Waals surface area contributed by atoms with Crippen molar-refractivity contribution in [3.05, 3.63) is 23.7 Å². The van der Waals surface area contributed by atoms with E-state index in [1.807, 2.05) is 0 Å². The Morgan fingerprint density at radius 1 is 1.32 bits per heavy atom. The monoisotopic (exact) mass is 268 g/mol. The highest BCUT2D eigenvalue weighted by Gasteiger charge is 2.16. The number of aromatic carboxylic acids is 1. The summed E-state index contributed by atoms with van der Waals surface area (Å²) in [7, 11) is 0. The van der Waals surface area contributed by atoms with Crippen molar-refractivity contribution in [2.45, 2.75) is 13.0 Å². The van der Waals surface area contributed by atoms with Crippen LogP contribution in [0.2, 0.25) is 0 Å². The highest BCUT2D eigenvalue weighted by atomic mass is 16.5. The average Bonchev–Trinajstić information content (AvgIpc) is 2.70. The summed E-state index contributed by atoms with van der Waals surface area (Å²) in [5, 5.41) is 11.4. The molecule has 104 valence electrons. The van der Waals surface area contributed by atoms with Crippen LogP contribution in [0.4, 0.5) is 4.79 Å². The molecule has 1 aliphatic rings. The van der Waals surface area contributed by atoms with Crippen LogP contribution in [0.5, 0.6) is 0 Å². The van der Waals surface area contributed by atoms with Crippen molar-refractivity contribution in [2.75, 3.05) is 26.3 Å². The molecule has 0 radical (unpaired) electrons. The molecule has 19 heavy (non-hydrogen) atoms. The number of carbonyl (C=O) groups is 2. The van der Waals surface area contributed by atoms with E-state index in [-0.39, 0.29) is 18.3 Å². The first kappa shape index (κ1) is 13.4. The smallest absolute Gasteiger partial charge is 0.371 e. The first-order chi connectivity index (χ1) is 9.16. The summed E-state index contributed by atoms with van der Waals surface area (Å²) in [6.07, 6.45) is 0.817. The molecule has 1 aromatic heterocycles. The molecule has 0 spiro atoms. The molecule has 7 nitrogen and oxygen atoms in total. The quantitative estimate of drug-likeness (QED) is 0.850. The van der Waals surface area contributed by atoms with Gasteiger partial charge in [0.2, 0.25) is 5.76 Å². The summed E-state index contributed by atoms with van der Waals surface area (Å²) in [4.78, 5) is 24.2. The predicted molar refractivity (Wildman–Crippen MR) is 64.9 cm³/mol. The molecule has 0 aromatic carbocycles. The molecule has 1 fully saturated rings. The number of carboxylic acids is 1. The highest BCUT2D eigenvalue weighted by molar-refractivity contribution is 5.84. The summed E-state index contributed by atoms with van der Waals surface area (Å²) in [5.41, 5.74) is 0. The van der Waals surface area contributed by atoms with Gasteiger partial charge in [0, 0.05) is 19.7 Å². The summed E-state index contributed by atoms with van der Waals surface area (Å²) in [6.45, 7) is 2.60. The second-order valence-corrected chi connectivity index (χ2v) is 4.18. The van der Waals surface area contributed by atoms with Gasteiger partial charge in [0.15, 0.2) is 0 Å². The Hall–Kier alpha value is -2.02. The zero-order valence-corrected chi connectivity index (χ0v) is 10.4. The summed E-state index contributed by atoms with van der Waals surface area (Å²) in [6, 6.07) is 2.71. The zero-order chi connectivity index (χ0) is 13.7. The Morgan fingerprint density at radius 3 is 2.89 bits per heavy atom. The van der Waals surface area contributed by atoms with Crippen molar-refractivity contribution in [3.8, 4) is 0 Å². The molecule has 0 unspecified atom stereocenters. The highest BCUT2D eigenvalue weighted by Crippen LogP contribution is 2.08. The maximum atomic E-state index is 11.9. The number of amides is 2. The minimum absolute atomic E-state index is 0.132. The Kier molecular flexibility index (Phi) is 4.40. The summed E-state index contributed by atoms with van der Waals surface area (Å²) < 4.78 is 10.3. The number of nitrogens with one attached hydrogen (secondary N) is 1. The van der Waals surface area contributed by atoms with E-state index in [2.05, 4.69) is 5.32 Å². The lowest BCUT2D eigenvalue weighted by Gasteiger charge is -2.19. The van der Waals surface area contributed by atoms with Crippen molar-refractivity contribution in [1.82, 2.24) is 10.2 Å². The van der Waals surface area contributed by atoms with Gasteiger partial charge in [-0.3, -0.25) is 0 Å². The van der Waals surface area contributed by atoms with Crippen LogP contribution in [0, 0.1) is 0 Å². The van der Waals surface area contributed by atoms with Crippen molar-refractivity contribution < 1.29 is 23.8 Å². The number of furan rings is 1. The molecule has 2 amide bonds. The van der Waals surface area contributed by atoms with Crippen LogP contribution >= 0.6 is 0 Å². The molecule has 2 rings (SSSR count). The minimum atomic E-state index is -1.12. The van der Waals surface area contributed by atoms with Gasteiger partial charge in [-0.2, -0.15) is 0 Å². The third-order valence-corrected chi connectivity index (χ3v) is 2.80. The lowest BCUT2D eigenvalue weighted by molar-refractivity contribution is 0.0660. The second-order valence-electron chi connectivity index (χ2n) is 4.18. The number of hydrogen-bond acceptors (Lipinski definition) is 4. The van der Waals surface area contributed by atoms with Gasteiger partial charge in [-0.25, -0.2) is 9.59 Å². The Morgan fingerprint density at radius 2 is 2.16 bits per heavy atom. The fourth-order valence-electron chi connectivity index (χ4n) is 1.81. The van der Waals surface area contributed by atoms with Gasteiger partial charge >= 0.3 is 12.0 Å². The van der Waals surface area contributed by atoms with E-state index in [0.29, 0.717) is 32.1 Å². The van der Waals surface area contributed by atoms with E-state index < -0.39 is 5.97 Å². The fourth-order valence-corrected chi connectivity index (χ4v) is 1.81. The van der Waals surface area contributed by atoms with Gasteiger partial charge in [-0.05, 0) is 18.6 Å². The second kappa shape index (κ2) is 6.24. The molecule has 7 heteroatoms. The molecular formula is C12H16N2O5. The first-order valence-corrected chi connectivity index (χ1v) is 6.09. The largest absolute Gasteiger partial charge is 0.475 e. The number of carboxylic acid groups (broad SMARTS) is 1. The van der Waals surface area contributed by atoms with Crippen molar-refractivity contribution in [1.29, 1.82) is 0 Å². The number of hydrogen-bond donors (Lipinski definition) is 2.